The van der Waals surface area contributed by atoms with Gasteiger partial charge < -0.3 is 14.1 Å². The van der Waals surface area contributed by atoms with E-state index in [0.29, 0.717) is 0 Å². The Morgan fingerprint density at radius 2 is 1.27 bits per heavy atom. The number of rotatable bonds is 8. The summed E-state index contributed by atoms with van der Waals surface area (Å²) in [6, 6.07) is 52.1. The lowest BCUT2D eigenvalue weighted by atomic mass is 9.43. The Morgan fingerprint density at radius 3 is 2.08 bits per heavy atom. The van der Waals surface area contributed by atoms with Crippen molar-refractivity contribution in [1.82, 2.24) is 0 Å². The highest BCUT2D eigenvalue weighted by Crippen LogP contribution is 2.52. The van der Waals surface area contributed by atoms with Crippen LogP contribution < -0.4 is 20.6 Å². The van der Waals surface area contributed by atoms with Gasteiger partial charge in [-0.15, -0.1) is 0 Å². The van der Waals surface area contributed by atoms with Gasteiger partial charge in [0.25, 0.3) is 0 Å². The molecular formula is C48H41BN2O. The Hall–Kier alpha value is -5.74. The molecule has 0 aliphatic carbocycles. The number of nitrogens with zero attached hydrogens (tertiary/aromatic N) is 2. The predicted octanol–water partition coefficient (Wildman–Crippen LogP) is 12.1. The maximum Gasteiger partial charge on any atom is 0.333 e. The highest BCUT2D eigenvalue weighted by atomic mass is 16.3. The summed E-state index contributed by atoms with van der Waals surface area (Å²) in [4.78, 5) is 5.19. The van der Waals surface area contributed by atoms with Gasteiger partial charge in [-0.25, -0.2) is 0 Å². The molecule has 10 rings (SSSR count). The Morgan fingerprint density at radius 1 is 0.577 bits per heavy atom. The molecule has 0 amide bonds. The second-order valence-electron chi connectivity index (χ2n) is 14.5. The maximum absolute atomic E-state index is 6.57. The third-order valence-corrected chi connectivity index (χ3v) is 11.4. The van der Waals surface area contributed by atoms with Gasteiger partial charge in [-0.1, -0.05) is 112 Å². The first-order chi connectivity index (χ1) is 25.7. The number of unbranched alkanes of at least 4 members (excludes halogenated alkanes) is 2. The van der Waals surface area contributed by atoms with Crippen molar-refractivity contribution in [3.05, 3.63) is 151 Å². The Balaban J connectivity index is 1.35. The lowest BCUT2D eigenvalue weighted by Crippen LogP contribution is -2.61. The average molecular weight is 673 g/mol. The molecule has 3 nitrogen and oxygen atoms in total. The largest absolute Gasteiger partial charge is 0.456 e. The Bertz CT molecular complexity index is 2620. The van der Waals surface area contributed by atoms with Crippen LogP contribution in [0.5, 0.6) is 0 Å². The number of para-hydroxylation sites is 2. The highest BCUT2D eigenvalue weighted by Gasteiger charge is 2.46. The van der Waals surface area contributed by atoms with Gasteiger partial charge >= 0.3 is 6.85 Å². The first-order valence-corrected chi connectivity index (χ1v) is 19.1. The van der Waals surface area contributed by atoms with Crippen LogP contribution in [0.2, 0.25) is 0 Å². The van der Waals surface area contributed by atoms with Crippen LogP contribution >= 0.6 is 0 Å². The quantitative estimate of drug-likeness (QED) is 0.150. The van der Waals surface area contributed by atoms with Crippen molar-refractivity contribution in [2.75, 3.05) is 9.71 Å². The zero-order chi connectivity index (χ0) is 34.8. The fourth-order valence-electron chi connectivity index (χ4n) is 8.93. The molecule has 8 aromatic rings. The van der Waals surface area contributed by atoms with Gasteiger partial charge in [0.2, 0.25) is 0 Å². The molecule has 3 heterocycles. The molecule has 7 aromatic carbocycles. The highest BCUT2D eigenvalue weighted by molar-refractivity contribution is 6.94. The second-order valence-corrected chi connectivity index (χ2v) is 14.5. The first-order valence-electron chi connectivity index (χ1n) is 19.1. The van der Waals surface area contributed by atoms with Crippen LogP contribution in [-0.4, -0.2) is 6.85 Å². The molecule has 0 bridgehead atoms. The molecule has 252 valence electrons. The maximum atomic E-state index is 6.57. The van der Waals surface area contributed by atoms with E-state index in [1.807, 2.05) is 0 Å². The van der Waals surface area contributed by atoms with E-state index in [9.17, 15) is 0 Å². The van der Waals surface area contributed by atoms with E-state index in [1.54, 1.807) is 0 Å². The van der Waals surface area contributed by atoms with E-state index in [-0.39, 0.29) is 6.85 Å². The van der Waals surface area contributed by atoms with Crippen LogP contribution in [0.4, 0.5) is 28.4 Å². The molecule has 0 atom stereocenters. The van der Waals surface area contributed by atoms with Crippen LogP contribution in [0.15, 0.2) is 144 Å². The minimum Gasteiger partial charge on any atom is -0.456 e. The minimum absolute atomic E-state index is 0.0308. The molecule has 2 aliphatic heterocycles. The van der Waals surface area contributed by atoms with Crippen LogP contribution in [0, 0.1) is 0 Å². The average Bonchev–Trinajstić information content (AvgIpc) is 3.58. The number of furan rings is 1. The molecule has 0 spiro atoms. The number of benzene rings is 7. The van der Waals surface area contributed by atoms with Crippen LogP contribution in [0.25, 0.3) is 43.8 Å². The van der Waals surface area contributed by atoms with Crippen molar-refractivity contribution in [2.45, 2.75) is 52.4 Å². The van der Waals surface area contributed by atoms with E-state index in [1.165, 1.54) is 103 Å². The van der Waals surface area contributed by atoms with Crippen molar-refractivity contribution in [2.24, 2.45) is 0 Å². The SMILES string of the molecule is CCCCc1ccc(N2c3ccc(CCCC)cc3B3c4c(cc5ccccc5c42)-c2c(ccc4oc5ccccc5c24)N3c2ccccc2)cc1. The molecule has 0 radical (unpaired) electrons. The molecule has 0 saturated carbocycles. The summed E-state index contributed by atoms with van der Waals surface area (Å²) in [6.07, 6.45) is 6.94. The number of anilines is 5. The normalized spacial score (nSPS) is 13.2. The molecule has 0 N–H and O–H groups in total. The van der Waals surface area contributed by atoms with Crippen molar-refractivity contribution in [3.8, 4) is 11.1 Å². The zero-order valence-electron chi connectivity index (χ0n) is 29.9. The van der Waals surface area contributed by atoms with Gasteiger partial charge in [0, 0.05) is 44.5 Å². The van der Waals surface area contributed by atoms with Crippen LogP contribution in [0.1, 0.15) is 50.7 Å². The van der Waals surface area contributed by atoms with Crippen molar-refractivity contribution >= 4 is 78.9 Å². The van der Waals surface area contributed by atoms with Gasteiger partial charge in [0.1, 0.15) is 11.2 Å². The van der Waals surface area contributed by atoms with Crippen LogP contribution in [0.3, 0.4) is 0 Å². The zero-order valence-corrected chi connectivity index (χ0v) is 29.9. The monoisotopic (exact) mass is 672 g/mol. The molecular weight excluding hydrogens is 631 g/mol. The lowest BCUT2D eigenvalue weighted by molar-refractivity contribution is 0.669. The third kappa shape index (κ3) is 4.74. The van der Waals surface area contributed by atoms with E-state index >= 15 is 0 Å². The first kappa shape index (κ1) is 31.0. The number of fused-ring (bicyclic) bond motifs is 10. The van der Waals surface area contributed by atoms with Gasteiger partial charge in [-0.05, 0) is 113 Å². The van der Waals surface area contributed by atoms with E-state index in [4.69, 9.17) is 4.42 Å². The topological polar surface area (TPSA) is 19.6 Å². The molecule has 1 aromatic heterocycles. The lowest BCUT2D eigenvalue weighted by Gasteiger charge is -2.46. The van der Waals surface area contributed by atoms with Crippen molar-refractivity contribution in [3.63, 3.8) is 0 Å². The van der Waals surface area contributed by atoms with Gasteiger partial charge in [0.15, 0.2) is 0 Å². The summed E-state index contributed by atoms with van der Waals surface area (Å²) in [5.74, 6) is 0. The van der Waals surface area contributed by atoms with E-state index in [0.717, 1.165) is 29.4 Å². The van der Waals surface area contributed by atoms with E-state index in [2.05, 4.69) is 163 Å². The third-order valence-electron chi connectivity index (χ3n) is 11.4. The fourth-order valence-corrected chi connectivity index (χ4v) is 8.93. The smallest absolute Gasteiger partial charge is 0.333 e. The van der Waals surface area contributed by atoms with Crippen molar-refractivity contribution < 1.29 is 4.42 Å². The molecule has 0 saturated heterocycles. The summed E-state index contributed by atoms with van der Waals surface area (Å²) in [5.41, 5.74) is 16.0. The number of hydrogen-bond acceptors (Lipinski definition) is 3. The summed E-state index contributed by atoms with van der Waals surface area (Å²) in [5, 5.41) is 4.84. The molecule has 2 aliphatic rings. The van der Waals surface area contributed by atoms with Gasteiger partial charge in [0.05, 0.1) is 5.69 Å². The fraction of sp³-hybridized carbons (Fsp3) is 0.167. The van der Waals surface area contributed by atoms with Gasteiger partial charge in [-0.3, -0.25) is 0 Å². The molecule has 0 fully saturated rings. The van der Waals surface area contributed by atoms with Crippen LogP contribution in [-0.2, 0) is 12.8 Å². The van der Waals surface area contributed by atoms with Gasteiger partial charge in [-0.2, -0.15) is 0 Å². The molecule has 0 unspecified atom stereocenters. The van der Waals surface area contributed by atoms with Crippen molar-refractivity contribution in [1.29, 1.82) is 0 Å². The summed E-state index contributed by atoms with van der Waals surface area (Å²) in [7, 11) is 0. The minimum atomic E-state index is -0.0308. The molecule has 52 heavy (non-hydrogen) atoms. The predicted molar refractivity (Wildman–Crippen MR) is 222 cm³/mol. The standard InChI is InChI=1S/C48H41BN2O/c1-3-5-14-32-22-25-35(26-23-32)50-41-27-24-33(15-6-4-2)30-40(41)49-47-39(31-34-16-10-11-19-37(34)48(47)50)45-42(51(49)36-17-8-7-9-18-36)28-29-44-46(45)38-20-12-13-21-43(38)52-44/h7-13,16-31H,3-6,14-15H2,1-2H3. The Labute approximate surface area is 306 Å². The number of aryl methyl sites for hydroxylation is 2. The summed E-state index contributed by atoms with van der Waals surface area (Å²) < 4.78 is 6.57. The summed E-state index contributed by atoms with van der Waals surface area (Å²) in [6.45, 7) is 4.52. The Kier molecular flexibility index (Phi) is 7.46. The second kappa shape index (κ2) is 12.5. The summed E-state index contributed by atoms with van der Waals surface area (Å²) >= 11 is 0. The van der Waals surface area contributed by atoms with E-state index < -0.39 is 0 Å². The molecule has 4 heteroatoms. The number of hydrogen-bond donors (Lipinski definition) is 0.